The summed E-state index contributed by atoms with van der Waals surface area (Å²) in [6, 6.07) is 11.4. The van der Waals surface area contributed by atoms with Gasteiger partial charge in [-0.25, -0.2) is 18.4 Å². The number of alkyl halides is 1. The van der Waals surface area contributed by atoms with Crippen molar-refractivity contribution in [1.29, 1.82) is 5.26 Å². The fourth-order valence-electron chi connectivity index (χ4n) is 3.43. The Hall–Kier alpha value is -3.39. The van der Waals surface area contributed by atoms with Crippen LogP contribution < -0.4 is 9.46 Å². The van der Waals surface area contributed by atoms with Crippen LogP contribution in [0, 0.1) is 11.3 Å². The molecule has 0 amide bonds. The van der Waals surface area contributed by atoms with E-state index in [0.717, 1.165) is 33.8 Å². The van der Waals surface area contributed by atoms with Gasteiger partial charge < -0.3 is 4.74 Å². The van der Waals surface area contributed by atoms with E-state index in [1.807, 2.05) is 18.2 Å². The number of nitrogens with one attached hydrogen (secondary N) is 1. The Balaban J connectivity index is 1.66. The van der Waals surface area contributed by atoms with Gasteiger partial charge in [-0.2, -0.15) is 10.4 Å². The van der Waals surface area contributed by atoms with E-state index in [-0.39, 0.29) is 18.4 Å². The van der Waals surface area contributed by atoms with E-state index < -0.39 is 10.0 Å². The molecule has 4 aromatic rings. The molecule has 2 aromatic carbocycles. The summed E-state index contributed by atoms with van der Waals surface area (Å²) in [4.78, 5) is 8.08. The van der Waals surface area contributed by atoms with Crippen LogP contribution in [0.3, 0.4) is 0 Å². The van der Waals surface area contributed by atoms with E-state index in [2.05, 4.69) is 25.9 Å². The lowest BCUT2D eigenvalue weighted by atomic mass is 9.99. The third-order valence-electron chi connectivity index (χ3n) is 4.80. The van der Waals surface area contributed by atoms with E-state index in [1.165, 1.54) is 12.4 Å². The molecule has 12 heteroatoms. The fourth-order valence-corrected chi connectivity index (χ4v) is 4.22. The first-order valence-corrected chi connectivity index (χ1v) is 12.8. The Kier molecular flexibility index (Phi) is 6.88. The van der Waals surface area contributed by atoms with Gasteiger partial charge in [-0.1, -0.05) is 23.7 Å². The molecule has 0 unspecified atom stereocenters. The van der Waals surface area contributed by atoms with Crippen molar-refractivity contribution in [2.45, 2.75) is 6.54 Å². The molecule has 0 aliphatic carbocycles. The summed E-state index contributed by atoms with van der Waals surface area (Å²) in [5, 5.41) is 15.3. The van der Waals surface area contributed by atoms with Crippen LogP contribution in [0.2, 0.25) is 5.02 Å². The van der Waals surface area contributed by atoms with Gasteiger partial charge in [0.2, 0.25) is 16.0 Å². The van der Waals surface area contributed by atoms with Crippen LogP contribution in [-0.2, 0) is 16.6 Å². The monoisotopic (exact) mass is 516 g/mol. The Morgan fingerprint density at radius 3 is 2.65 bits per heavy atom. The topological polar surface area (TPSA) is 123 Å². The highest BCUT2D eigenvalue weighted by Crippen LogP contribution is 2.37. The number of nitrogens with zero attached hydrogens (tertiary/aromatic N) is 5. The summed E-state index contributed by atoms with van der Waals surface area (Å²) in [7, 11) is -3.45. The lowest BCUT2D eigenvalue weighted by molar-refractivity contribution is 0.342. The minimum absolute atomic E-state index is 0.00232. The highest BCUT2D eigenvalue weighted by Gasteiger charge is 2.15. The van der Waals surface area contributed by atoms with Crippen LogP contribution >= 0.6 is 23.2 Å². The number of anilines is 1. The molecule has 2 heterocycles. The summed E-state index contributed by atoms with van der Waals surface area (Å²) in [5.74, 6) is 0.594. The Bertz CT molecular complexity index is 1500. The normalized spacial score (nSPS) is 11.4. The zero-order valence-electron chi connectivity index (χ0n) is 17.9. The molecule has 0 aliphatic rings. The highest BCUT2D eigenvalue weighted by molar-refractivity contribution is 7.91. The van der Waals surface area contributed by atoms with Crippen molar-refractivity contribution in [3.05, 3.63) is 65.1 Å². The second kappa shape index (κ2) is 9.85. The SMILES string of the molecule is CS(=O)(=O)Nc1ncc(Cn2ncc3c(-c4cc(Cl)c(OCCCl)c(C#N)c4)cccc32)cn1. The van der Waals surface area contributed by atoms with E-state index >= 15 is 0 Å². The number of rotatable bonds is 8. The number of hydrogen-bond acceptors (Lipinski definition) is 7. The van der Waals surface area contributed by atoms with Crippen molar-refractivity contribution in [3.63, 3.8) is 0 Å². The molecule has 0 radical (unpaired) electrons. The lowest BCUT2D eigenvalue weighted by Crippen LogP contribution is -2.12. The van der Waals surface area contributed by atoms with Gasteiger partial charge in [0.15, 0.2) is 5.75 Å². The molecule has 0 bridgehead atoms. The number of ether oxygens (including phenoxy) is 1. The molecule has 34 heavy (non-hydrogen) atoms. The van der Waals surface area contributed by atoms with Crippen molar-refractivity contribution < 1.29 is 13.2 Å². The predicted molar refractivity (Wildman–Crippen MR) is 131 cm³/mol. The van der Waals surface area contributed by atoms with E-state index in [4.69, 9.17) is 27.9 Å². The van der Waals surface area contributed by atoms with Crippen molar-refractivity contribution in [2.75, 3.05) is 23.5 Å². The smallest absolute Gasteiger partial charge is 0.236 e. The molecule has 0 fully saturated rings. The number of benzene rings is 2. The molecule has 2 aromatic heterocycles. The van der Waals surface area contributed by atoms with Crippen LogP contribution in [0.5, 0.6) is 5.75 Å². The van der Waals surface area contributed by atoms with Gasteiger partial charge in [0.05, 0.1) is 41.0 Å². The molecular weight excluding hydrogens is 499 g/mol. The second-order valence-corrected chi connectivity index (χ2v) is 9.85. The quantitative estimate of drug-likeness (QED) is 0.350. The molecule has 1 N–H and O–H groups in total. The Morgan fingerprint density at radius 2 is 1.97 bits per heavy atom. The van der Waals surface area contributed by atoms with Gasteiger partial charge in [0.1, 0.15) is 12.7 Å². The van der Waals surface area contributed by atoms with Crippen LogP contribution in [0.15, 0.2) is 48.9 Å². The molecule has 4 rings (SSSR count). The van der Waals surface area contributed by atoms with Crippen molar-refractivity contribution in [1.82, 2.24) is 19.7 Å². The summed E-state index contributed by atoms with van der Waals surface area (Å²) >= 11 is 12.1. The van der Waals surface area contributed by atoms with Gasteiger partial charge in [-0.05, 0) is 29.3 Å². The summed E-state index contributed by atoms with van der Waals surface area (Å²) in [6.45, 7) is 0.619. The van der Waals surface area contributed by atoms with Gasteiger partial charge in [-0.15, -0.1) is 11.6 Å². The standard InChI is InChI=1S/C22H18Cl2N6O3S/c1-34(31,32)29-22-26-10-14(11-27-22)13-30-20-4-2-3-17(18(20)12-28-30)15-7-16(9-25)21(19(24)8-15)33-6-5-23/h2-4,7-8,10-12H,5-6,13H2,1H3,(H,26,27,29). The van der Waals surface area contributed by atoms with Crippen LogP contribution in [0.4, 0.5) is 5.95 Å². The zero-order chi connectivity index (χ0) is 24.3. The number of hydrogen-bond donors (Lipinski definition) is 1. The molecule has 9 nitrogen and oxygen atoms in total. The lowest BCUT2D eigenvalue weighted by Gasteiger charge is -2.12. The van der Waals surface area contributed by atoms with E-state index in [1.54, 1.807) is 23.0 Å². The van der Waals surface area contributed by atoms with Crippen molar-refractivity contribution in [2.24, 2.45) is 0 Å². The molecular formula is C22H18Cl2N6O3S. The summed E-state index contributed by atoms with van der Waals surface area (Å²) < 4.78 is 32.2. The maximum Gasteiger partial charge on any atom is 0.236 e. The number of nitriles is 1. The summed E-state index contributed by atoms with van der Waals surface area (Å²) in [6.07, 6.45) is 5.85. The molecule has 174 valence electrons. The Morgan fingerprint density at radius 1 is 1.21 bits per heavy atom. The average Bonchev–Trinajstić information content (AvgIpc) is 3.21. The first-order valence-electron chi connectivity index (χ1n) is 9.95. The second-order valence-electron chi connectivity index (χ2n) is 7.31. The minimum atomic E-state index is -3.45. The van der Waals surface area contributed by atoms with Crippen LogP contribution in [0.25, 0.3) is 22.0 Å². The summed E-state index contributed by atoms with van der Waals surface area (Å²) in [5.41, 5.74) is 3.52. The first-order chi connectivity index (χ1) is 16.3. The first kappa shape index (κ1) is 23.8. The fraction of sp³-hybridized carbons (Fsp3) is 0.182. The third-order valence-corrected chi connectivity index (χ3v) is 5.79. The number of sulfonamides is 1. The predicted octanol–water partition coefficient (Wildman–Crippen LogP) is 4.06. The number of fused-ring (bicyclic) bond motifs is 1. The largest absolute Gasteiger partial charge is 0.489 e. The van der Waals surface area contributed by atoms with Gasteiger partial charge in [-0.3, -0.25) is 9.40 Å². The zero-order valence-corrected chi connectivity index (χ0v) is 20.2. The number of aromatic nitrogens is 4. The van der Waals surface area contributed by atoms with Crippen molar-refractivity contribution >= 4 is 50.1 Å². The minimum Gasteiger partial charge on any atom is -0.489 e. The molecule has 0 saturated heterocycles. The van der Waals surface area contributed by atoms with Gasteiger partial charge in [0, 0.05) is 23.3 Å². The maximum atomic E-state index is 11.3. The molecule has 0 saturated carbocycles. The van der Waals surface area contributed by atoms with Gasteiger partial charge in [0.25, 0.3) is 0 Å². The maximum absolute atomic E-state index is 11.3. The highest BCUT2D eigenvalue weighted by atomic mass is 35.5. The third kappa shape index (κ3) is 5.22. The molecule has 0 atom stereocenters. The number of halogens is 2. The van der Waals surface area contributed by atoms with Crippen LogP contribution in [-0.4, -0.2) is 46.9 Å². The molecule has 0 spiro atoms. The van der Waals surface area contributed by atoms with Crippen LogP contribution in [0.1, 0.15) is 11.1 Å². The van der Waals surface area contributed by atoms with Crippen molar-refractivity contribution in [3.8, 4) is 22.9 Å². The Labute approximate surface area is 206 Å². The van der Waals surface area contributed by atoms with E-state index in [9.17, 15) is 13.7 Å². The van der Waals surface area contributed by atoms with Gasteiger partial charge >= 0.3 is 0 Å². The molecule has 0 aliphatic heterocycles. The average molecular weight is 517 g/mol. The van der Waals surface area contributed by atoms with E-state index in [0.29, 0.717) is 22.9 Å².